The number of nitrogens with zero attached hydrogens (tertiary/aromatic N) is 3. The van der Waals surface area contributed by atoms with Crippen LogP contribution in [0.1, 0.15) is 48.9 Å². The van der Waals surface area contributed by atoms with E-state index in [2.05, 4.69) is 27.5 Å². The van der Waals surface area contributed by atoms with E-state index < -0.39 is 5.54 Å². The fraction of sp³-hybridized carbons (Fsp3) is 0.429. The van der Waals surface area contributed by atoms with Crippen LogP contribution in [0.2, 0.25) is 5.02 Å². The number of carbonyl (C=O) groups is 2. The number of rotatable bonds is 6. The molecule has 8 heteroatoms. The first kappa shape index (κ1) is 21.0. The van der Waals surface area contributed by atoms with Crippen molar-refractivity contribution >= 4 is 29.2 Å². The fourth-order valence-electron chi connectivity index (χ4n) is 3.27. The molecule has 0 unspecified atom stereocenters. The van der Waals surface area contributed by atoms with E-state index in [0.717, 1.165) is 17.7 Å². The first-order chi connectivity index (χ1) is 13.8. The fourth-order valence-corrected chi connectivity index (χ4v) is 3.40. The molecule has 0 spiro atoms. The predicted molar refractivity (Wildman–Crippen MR) is 113 cm³/mol. The van der Waals surface area contributed by atoms with Gasteiger partial charge < -0.3 is 15.5 Å². The Hall–Kier alpha value is -2.67. The second-order valence-electron chi connectivity index (χ2n) is 7.55. The highest BCUT2D eigenvalue weighted by Gasteiger charge is 2.41. The highest BCUT2D eigenvalue weighted by molar-refractivity contribution is 6.30. The molecule has 2 heterocycles. The summed E-state index contributed by atoms with van der Waals surface area (Å²) in [4.78, 5) is 35.8. The van der Waals surface area contributed by atoms with Crippen molar-refractivity contribution in [3.05, 3.63) is 52.4 Å². The predicted octanol–water partition coefficient (Wildman–Crippen LogP) is 3.05. The molecule has 7 nitrogen and oxygen atoms in total. The monoisotopic (exact) mass is 415 g/mol. The normalized spacial score (nSPS) is 15.7. The van der Waals surface area contributed by atoms with Gasteiger partial charge in [-0.15, -0.1) is 0 Å². The maximum Gasteiger partial charge on any atom is 0.275 e. The highest BCUT2D eigenvalue weighted by atomic mass is 35.5. The molecular formula is C21H26ClN5O2. The molecule has 1 aliphatic heterocycles. The number of halogens is 1. The molecule has 0 bridgehead atoms. The molecule has 2 N–H and O–H groups in total. The number of carbonyl (C=O) groups excluding carboxylic acids is 2. The minimum atomic E-state index is -0.923. The van der Waals surface area contributed by atoms with Crippen molar-refractivity contribution in [3.63, 3.8) is 0 Å². The molecule has 1 aromatic carbocycles. The first-order valence-electron chi connectivity index (χ1n) is 9.77. The largest absolute Gasteiger partial charge is 0.364 e. The van der Waals surface area contributed by atoms with Crippen LogP contribution in [0, 0.1) is 0 Å². The molecule has 0 radical (unpaired) electrons. The van der Waals surface area contributed by atoms with Gasteiger partial charge in [0, 0.05) is 24.7 Å². The van der Waals surface area contributed by atoms with Crippen molar-refractivity contribution < 1.29 is 9.59 Å². The molecular weight excluding hydrogens is 390 g/mol. The van der Waals surface area contributed by atoms with Crippen LogP contribution in [0.25, 0.3) is 0 Å². The van der Waals surface area contributed by atoms with Gasteiger partial charge in [0.15, 0.2) is 0 Å². The summed E-state index contributed by atoms with van der Waals surface area (Å²) in [6.07, 6.45) is 3.05. The van der Waals surface area contributed by atoms with Crippen LogP contribution in [0.4, 0.5) is 5.82 Å². The zero-order valence-corrected chi connectivity index (χ0v) is 17.7. The van der Waals surface area contributed by atoms with Crippen molar-refractivity contribution in [1.82, 2.24) is 20.2 Å². The third-order valence-corrected chi connectivity index (χ3v) is 5.27. The van der Waals surface area contributed by atoms with Gasteiger partial charge in [-0.25, -0.2) is 9.97 Å². The van der Waals surface area contributed by atoms with Crippen LogP contribution in [-0.2, 0) is 17.8 Å². The number of benzene rings is 1. The van der Waals surface area contributed by atoms with E-state index in [4.69, 9.17) is 11.6 Å². The number of hydrogen-bond acceptors (Lipinski definition) is 5. The van der Waals surface area contributed by atoms with Crippen LogP contribution in [0.15, 0.2) is 30.5 Å². The zero-order valence-electron chi connectivity index (χ0n) is 17.0. The Kier molecular flexibility index (Phi) is 6.37. The second-order valence-corrected chi connectivity index (χ2v) is 7.99. The Bertz CT molecular complexity index is 898. The Labute approximate surface area is 175 Å². The minimum absolute atomic E-state index is 0.167. The van der Waals surface area contributed by atoms with Gasteiger partial charge in [0.05, 0.1) is 11.9 Å². The summed E-state index contributed by atoms with van der Waals surface area (Å²) in [5.74, 6) is 0.216. The first-order valence-corrected chi connectivity index (χ1v) is 10.1. The summed E-state index contributed by atoms with van der Waals surface area (Å²) in [5.41, 5.74) is 1.15. The van der Waals surface area contributed by atoms with E-state index in [1.165, 1.54) is 6.20 Å². The Balaban J connectivity index is 1.80. The van der Waals surface area contributed by atoms with E-state index in [9.17, 15) is 9.59 Å². The van der Waals surface area contributed by atoms with Gasteiger partial charge in [0.1, 0.15) is 17.1 Å². The van der Waals surface area contributed by atoms with Crippen molar-refractivity contribution in [3.8, 4) is 0 Å². The Morgan fingerprint density at radius 2 is 2.03 bits per heavy atom. The lowest BCUT2D eigenvalue weighted by Gasteiger charge is -2.40. The zero-order chi connectivity index (χ0) is 21.0. The van der Waals surface area contributed by atoms with Gasteiger partial charge in [-0.3, -0.25) is 9.59 Å². The van der Waals surface area contributed by atoms with E-state index in [1.54, 1.807) is 18.7 Å². The standard InChI is InChI=1S/C21H26ClN5O2/c1-4-5-16-18(24-12-14-6-8-15(22)9-7-14)25-13-17(26-16)19(28)27-11-10-23-20(29)21(27,2)3/h6-9,13H,4-5,10-12H2,1-3H3,(H,23,29)(H,24,25). The van der Waals surface area contributed by atoms with E-state index in [-0.39, 0.29) is 17.5 Å². The molecule has 29 heavy (non-hydrogen) atoms. The number of nitrogens with one attached hydrogen (secondary N) is 2. The summed E-state index contributed by atoms with van der Waals surface area (Å²) >= 11 is 5.93. The van der Waals surface area contributed by atoms with Crippen molar-refractivity contribution in [2.24, 2.45) is 0 Å². The molecule has 2 amide bonds. The lowest BCUT2D eigenvalue weighted by Crippen LogP contribution is -2.63. The maximum atomic E-state index is 13.1. The van der Waals surface area contributed by atoms with Gasteiger partial charge in [-0.1, -0.05) is 37.1 Å². The molecule has 0 atom stereocenters. The van der Waals surface area contributed by atoms with Gasteiger partial charge in [-0.05, 0) is 38.0 Å². The molecule has 1 fully saturated rings. The average molecular weight is 416 g/mol. The lowest BCUT2D eigenvalue weighted by atomic mass is 9.98. The molecule has 1 aromatic heterocycles. The van der Waals surface area contributed by atoms with Crippen LogP contribution < -0.4 is 10.6 Å². The van der Waals surface area contributed by atoms with E-state index >= 15 is 0 Å². The molecule has 154 valence electrons. The molecule has 0 aliphatic carbocycles. The van der Waals surface area contributed by atoms with Crippen LogP contribution in [-0.4, -0.2) is 45.3 Å². The topological polar surface area (TPSA) is 87.2 Å². The van der Waals surface area contributed by atoms with Crippen molar-refractivity contribution in [1.29, 1.82) is 0 Å². The Morgan fingerprint density at radius 1 is 1.31 bits per heavy atom. The number of piperazine rings is 1. The van der Waals surface area contributed by atoms with E-state index in [1.807, 2.05) is 24.3 Å². The summed E-state index contributed by atoms with van der Waals surface area (Å²) in [6, 6.07) is 7.58. The molecule has 1 saturated heterocycles. The smallest absolute Gasteiger partial charge is 0.275 e. The maximum absolute atomic E-state index is 13.1. The molecule has 0 saturated carbocycles. The highest BCUT2D eigenvalue weighted by Crippen LogP contribution is 2.21. The Morgan fingerprint density at radius 3 is 2.72 bits per heavy atom. The third kappa shape index (κ3) is 4.67. The lowest BCUT2D eigenvalue weighted by molar-refractivity contribution is -0.133. The van der Waals surface area contributed by atoms with Gasteiger partial charge in [0.2, 0.25) is 5.91 Å². The number of aryl methyl sites for hydroxylation is 1. The van der Waals surface area contributed by atoms with Crippen LogP contribution in [0.5, 0.6) is 0 Å². The number of amides is 2. The van der Waals surface area contributed by atoms with Gasteiger partial charge in [-0.2, -0.15) is 0 Å². The summed E-state index contributed by atoms with van der Waals surface area (Å²) < 4.78 is 0. The number of hydrogen-bond donors (Lipinski definition) is 2. The average Bonchev–Trinajstić information content (AvgIpc) is 2.70. The minimum Gasteiger partial charge on any atom is -0.364 e. The molecule has 3 rings (SSSR count). The van der Waals surface area contributed by atoms with Gasteiger partial charge >= 0.3 is 0 Å². The van der Waals surface area contributed by atoms with Crippen molar-refractivity contribution in [2.45, 2.75) is 45.7 Å². The van der Waals surface area contributed by atoms with Crippen LogP contribution in [0.3, 0.4) is 0 Å². The van der Waals surface area contributed by atoms with Gasteiger partial charge in [0.25, 0.3) is 5.91 Å². The molecule has 1 aliphatic rings. The van der Waals surface area contributed by atoms with Crippen LogP contribution >= 0.6 is 11.6 Å². The van der Waals surface area contributed by atoms with Crippen molar-refractivity contribution in [2.75, 3.05) is 18.4 Å². The second kappa shape index (κ2) is 8.78. The quantitative estimate of drug-likeness (QED) is 0.757. The summed E-state index contributed by atoms with van der Waals surface area (Å²) in [7, 11) is 0. The SMILES string of the molecule is CCCc1nc(C(=O)N2CCNC(=O)C2(C)C)cnc1NCc1ccc(Cl)cc1. The number of anilines is 1. The summed E-state index contributed by atoms with van der Waals surface area (Å²) in [6.45, 7) is 6.99. The third-order valence-electron chi connectivity index (χ3n) is 5.02. The summed E-state index contributed by atoms with van der Waals surface area (Å²) in [5, 5.41) is 6.79. The molecule has 2 aromatic rings. The number of aromatic nitrogens is 2. The van der Waals surface area contributed by atoms with E-state index in [0.29, 0.717) is 36.9 Å².